The fourth-order valence-corrected chi connectivity index (χ4v) is 5.74. The maximum absolute atomic E-state index is 12.4. The molecule has 19 heavy (non-hydrogen) atoms. The van der Waals surface area contributed by atoms with E-state index in [1.807, 2.05) is 23.5 Å². The first-order valence-corrected chi connectivity index (χ1v) is 9.56. The molecule has 2 atom stereocenters. The van der Waals surface area contributed by atoms with Crippen LogP contribution in [0, 0.1) is 0 Å². The normalized spacial score (nSPS) is 24.4. The first kappa shape index (κ1) is 15.4. The molecule has 1 fully saturated rings. The molecule has 106 valence electrons. The van der Waals surface area contributed by atoms with Crippen LogP contribution in [0.15, 0.2) is 5.38 Å². The number of carbonyl (C=O) groups is 1. The zero-order valence-corrected chi connectivity index (χ0v) is 14.4. The average Bonchev–Trinajstić information content (AvgIpc) is 2.77. The second-order valence-corrected chi connectivity index (χ2v) is 9.56. The Bertz CT molecular complexity index is 450. The van der Waals surface area contributed by atoms with E-state index in [2.05, 4.69) is 38.1 Å². The van der Waals surface area contributed by atoms with E-state index >= 15 is 0 Å². The maximum atomic E-state index is 12.4. The molecule has 1 aromatic rings. The highest BCUT2D eigenvalue weighted by atomic mass is 32.2. The van der Waals surface area contributed by atoms with Gasteiger partial charge in [0.25, 0.3) is 0 Å². The summed E-state index contributed by atoms with van der Waals surface area (Å²) in [4.78, 5) is 17.0. The van der Waals surface area contributed by atoms with E-state index in [0.29, 0.717) is 17.5 Å². The third kappa shape index (κ3) is 3.99. The highest BCUT2D eigenvalue weighted by Crippen LogP contribution is 2.32. The van der Waals surface area contributed by atoms with Crippen LogP contribution >= 0.6 is 34.9 Å². The van der Waals surface area contributed by atoms with Gasteiger partial charge in [0.15, 0.2) is 5.78 Å². The van der Waals surface area contributed by atoms with Gasteiger partial charge in [0.05, 0.1) is 17.4 Å². The molecule has 2 unspecified atom stereocenters. The van der Waals surface area contributed by atoms with Crippen LogP contribution in [0.25, 0.3) is 0 Å². The third-order valence-corrected chi connectivity index (χ3v) is 7.14. The fourth-order valence-electron chi connectivity index (χ4n) is 1.97. The van der Waals surface area contributed by atoms with Crippen molar-refractivity contribution in [3.8, 4) is 0 Å². The average molecular weight is 316 g/mol. The Morgan fingerprint density at radius 2 is 2.05 bits per heavy atom. The van der Waals surface area contributed by atoms with Gasteiger partial charge < -0.3 is 0 Å². The molecule has 1 aliphatic heterocycles. The molecule has 1 aliphatic rings. The van der Waals surface area contributed by atoms with Crippen molar-refractivity contribution >= 4 is 40.6 Å². The lowest BCUT2D eigenvalue weighted by molar-refractivity contribution is -0.117. The molecule has 0 saturated carbocycles. The van der Waals surface area contributed by atoms with Gasteiger partial charge >= 0.3 is 0 Å². The van der Waals surface area contributed by atoms with Gasteiger partial charge in [-0.3, -0.25) is 4.79 Å². The standard InChI is InChI=1S/C14H21NOS3/c1-9-13(18-6-5-17-9)10(16)7-12-15-11(8-19-12)14(2,3)4/h8-9,13H,5-7H2,1-4H3. The molecule has 5 heteroatoms. The summed E-state index contributed by atoms with van der Waals surface area (Å²) in [6, 6.07) is 0. The molecule has 0 aromatic carbocycles. The van der Waals surface area contributed by atoms with Crippen molar-refractivity contribution in [2.24, 2.45) is 0 Å². The quantitative estimate of drug-likeness (QED) is 0.849. The molecule has 0 bridgehead atoms. The van der Waals surface area contributed by atoms with E-state index in [4.69, 9.17) is 0 Å². The predicted octanol–water partition coefficient (Wildman–Crippen LogP) is 3.79. The minimum atomic E-state index is 0.0700. The minimum absolute atomic E-state index is 0.0700. The van der Waals surface area contributed by atoms with Crippen LogP contribution in [0.1, 0.15) is 38.4 Å². The minimum Gasteiger partial charge on any atom is -0.298 e. The van der Waals surface area contributed by atoms with Gasteiger partial charge in [0.2, 0.25) is 0 Å². The number of carbonyl (C=O) groups excluding carboxylic acids is 1. The predicted molar refractivity (Wildman–Crippen MR) is 87.7 cm³/mol. The van der Waals surface area contributed by atoms with E-state index in [0.717, 1.165) is 16.5 Å². The van der Waals surface area contributed by atoms with Crippen molar-refractivity contribution in [2.75, 3.05) is 11.5 Å². The summed E-state index contributed by atoms with van der Waals surface area (Å²) in [7, 11) is 0. The summed E-state index contributed by atoms with van der Waals surface area (Å²) in [5.74, 6) is 2.61. The van der Waals surface area contributed by atoms with Gasteiger partial charge in [-0.15, -0.1) is 23.1 Å². The van der Waals surface area contributed by atoms with Gasteiger partial charge in [0, 0.05) is 27.6 Å². The third-order valence-electron chi connectivity index (χ3n) is 3.15. The van der Waals surface area contributed by atoms with Crippen molar-refractivity contribution < 1.29 is 4.79 Å². The van der Waals surface area contributed by atoms with Gasteiger partial charge in [-0.1, -0.05) is 27.7 Å². The lowest BCUT2D eigenvalue weighted by Crippen LogP contribution is -2.32. The number of thioether (sulfide) groups is 2. The van der Waals surface area contributed by atoms with Crippen LogP contribution in [-0.4, -0.2) is 32.8 Å². The van der Waals surface area contributed by atoms with Gasteiger partial charge in [0.1, 0.15) is 5.01 Å². The Morgan fingerprint density at radius 3 is 2.63 bits per heavy atom. The summed E-state index contributed by atoms with van der Waals surface area (Å²) < 4.78 is 0. The molecule has 1 saturated heterocycles. The van der Waals surface area contributed by atoms with E-state index in [-0.39, 0.29) is 10.7 Å². The molecule has 2 nitrogen and oxygen atoms in total. The first-order valence-electron chi connectivity index (χ1n) is 6.59. The summed E-state index contributed by atoms with van der Waals surface area (Å²) in [5.41, 5.74) is 1.17. The van der Waals surface area contributed by atoms with Crippen molar-refractivity contribution in [1.82, 2.24) is 4.98 Å². The molecule has 0 radical (unpaired) electrons. The number of Topliss-reactive ketones (excluding diaryl/α,β-unsaturated/α-hetero) is 1. The maximum Gasteiger partial charge on any atom is 0.153 e. The van der Waals surface area contributed by atoms with Gasteiger partial charge in [-0.25, -0.2) is 4.98 Å². The zero-order chi connectivity index (χ0) is 14.0. The number of hydrogen-bond acceptors (Lipinski definition) is 5. The molecular formula is C14H21NOS3. The highest BCUT2D eigenvalue weighted by molar-refractivity contribution is 8.07. The molecule has 0 amide bonds. The fraction of sp³-hybridized carbons (Fsp3) is 0.714. The Hall–Kier alpha value is -0.0000000000000000833. The SMILES string of the molecule is CC1SCCSC1C(=O)Cc1nc(C(C)(C)C)cs1. The van der Waals surface area contributed by atoms with Crippen LogP contribution in [-0.2, 0) is 16.6 Å². The smallest absolute Gasteiger partial charge is 0.153 e. The monoisotopic (exact) mass is 315 g/mol. The number of ketones is 1. The van der Waals surface area contributed by atoms with E-state index < -0.39 is 0 Å². The largest absolute Gasteiger partial charge is 0.298 e. The molecule has 0 spiro atoms. The Kier molecular flexibility index (Phi) is 5.01. The number of thiazole rings is 1. The summed E-state index contributed by atoms with van der Waals surface area (Å²) >= 11 is 5.36. The van der Waals surface area contributed by atoms with Gasteiger partial charge in [-0.05, 0) is 0 Å². The van der Waals surface area contributed by atoms with Crippen LogP contribution < -0.4 is 0 Å². The molecular weight excluding hydrogens is 294 g/mol. The van der Waals surface area contributed by atoms with Crippen molar-refractivity contribution in [2.45, 2.75) is 50.0 Å². The van der Waals surface area contributed by atoms with Crippen molar-refractivity contribution in [3.63, 3.8) is 0 Å². The second kappa shape index (κ2) is 6.19. The van der Waals surface area contributed by atoms with E-state index in [1.165, 1.54) is 5.75 Å². The highest BCUT2D eigenvalue weighted by Gasteiger charge is 2.29. The second-order valence-electron chi connectivity index (χ2n) is 5.89. The molecule has 2 rings (SSSR count). The van der Waals surface area contributed by atoms with Crippen LogP contribution in [0.4, 0.5) is 0 Å². The van der Waals surface area contributed by atoms with E-state index in [9.17, 15) is 4.79 Å². The van der Waals surface area contributed by atoms with Crippen LogP contribution in [0.2, 0.25) is 0 Å². The molecule has 1 aromatic heterocycles. The number of nitrogens with zero attached hydrogens (tertiary/aromatic N) is 1. The van der Waals surface area contributed by atoms with E-state index in [1.54, 1.807) is 11.3 Å². The molecule has 0 N–H and O–H groups in total. The summed E-state index contributed by atoms with van der Waals surface area (Å²) in [5, 5.41) is 3.65. The van der Waals surface area contributed by atoms with Gasteiger partial charge in [-0.2, -0.15) is 11.8 Å². The molecule has 2 heterocycles. The topological polar surface area (TPSA) is 30.0 Å². The Balaban J connectivity index is 2.00. The Labute approximate surface area is 128 Å². The van der Waals surface area contributed by atoms with Crippen molar-refractivity contribution in [1.29, 1.82) is 0 Å². The lowest BCUT2D eigenvalue weighted by atomic mass is 9.93. The molecule has 0 aliphatic carbocycles. The van der Waals surface area contributed by atoms with Crippen LogP contribution in [0.5, 0.6) is 0 Å². The lowest BCUT2D eigenvalue weighted by Gasteiger charge is -2.26. The number of rotatable bonds is 3. The number of aromatic nitrogens is 1. The number of hydrogen-bond donors (Lipinski definition) is 0. The van der Waals surface area contributed by atoms with Crippen LogP contribution in [0.3, 0.4) is 0 Å². The summed E-state index contributed by atoms with van der Waals surface area (Å²) in [6.45, 7) is 8.64. The first-order chi connectivity index (χ1) is 8.88. The summed E-state index contributed by atoms with van der Waals surface area (Å²) in [6.07, 6.45) is 0.503. The zero-order valence-electron chi connectivity index (χ0n) is 11.9. The van der Waals surface area contributed by atoms with Crippen molar-refractivity contribution in [3.05, 3.63) is 16.1 Å². The Morgan fingerprint density at radius 1 is 1.37 bits per heavy atom.